The van der Waals surface area contributed by atoms with Gasteiger partial charge in [-0.3, -0.25) is 0 Å². The van der Waals surface area contributed by atoms with Crippen LogP contribution in [-0.2, 0) is 5.41 Å². The van der Waals surface area contributed by atoms with Crippen LogP contribution in [0, 0.1) is 20.8 Å². The van der Waals surface area contributed by atoms with E-state index in [4.69, 9.17) is 0 Å². The number of hydrogen-bond donors (Lipinski definition) is 0. The molecule has 1 nitrogen and oxygen atoms in total. The summed E-state index contributed by atoms with van der Waals surface area (Å²) >= 11 is 0. The Bertz CT molecular complexity index is 3890. The highest BCUT2D eigenvalue weighted by molar-refractivity contribution is 6.16. The van der Waals surface area contributed by atoms with E-state index >= 15 is 0 Å². The smallest absolute Gasteiger partial charge is 0.0714 e. The van der Waals surface area contributed by atoms with Crippen molar-refractivity contribution in [3.8, 4) is 44.5 Å². The highest BCUT2D eigenvalue weighted by Crippen LogP contribution is 2.57. The van der Waals surface area contributed by atoms with E-state index in [1.807, 2.05) is 18.2 Å². The van der Waals surface area contributed by atoms with E-state index in [9.17, 15) is 0 Å². The molecule has 0 aliphatic heterocycles. The molecule has 0 radical (unpaired) electrons. The van der Waals surface area contributed by atoms with Crippen LogP contribution < -0.4 is 4.90 Å². The van der Waals surface area contributed by atoms with Crippen LogP contribution in [0.2, 0.25) is 0 Å². The van der Waals surface area contributed by atoms with Gasteiger partial charge in [0.15, 0.2) is 0 Å². The maximum atomic E-state index is 2.46. The lowest BCUT2D eigenvalue weighted by Crippen LogP contribution is -2.28. The number of rotatable bonds is 8. The monoisotopic (exact) mass is 933 g/mol. The molecular weight excluding hydrogens is 879 g/mol. The highest BCUT2D eigenvalue weighted by Gasteiger charge is 2.46. The lowest BCUT2D eigenvalue weighted by atomic mass is 9.67. The van der Waals surface area contributed by atoms with Gasteiger partial charge in [0.05, 0.1) is 11.1 Å². The van der Waals surface area contributed by atoms with E-state index in [1.54, 1.807) is 0 Å². The van der Waals surface area contributed by atoms with Gasteiger partial charge in [0.1, 0.15) is 0 Å². The Kier molecular flexibility index (Phi) is 11.9. The van der Waals surface area contributed by atoms with E-state index < -0.39 is 5.41 Å². The first-order chi connectivity index (χ1) is 36.0. The van der Waals surface area contributed by atoms with Crippen LogP contribution in [0.15, 0.2) is 279 Å². The van der Waals surface area contributed by atoms with Crippen LogP contribution in [0.1, 0.15) is 38.9 Å². The summed E-state index contributed by atoms with van der Waals surface area (Å²) in [4.78, 5) is 2.45. The highest BCUT2D eigenvalue weighted by atomic mass is 15.1. The Hall–Kier alpha value is -9.04. The molecule has 0 N–H and O–H groups in total. The van der Waals surface area contributed by atoms with Gasteiger partial charge in [-0.2, -0.15) is 0 Å². The van der Waals surface area contributed by atoms with E-state index in [2.05, 4.69) is 287 Å². The summed E-state index contributed by atoms with van der Waals surface area (Å²) in [6.07, 6.45) is 0. The topological polar surface area (TPSA) is 3.24 Å². The first-order valence-corrected chi connectivity index (χ1v) is 25.4. The van der Waals surface area contributed by atoms with Crippen molar-refractivity contribution < 1.29 is 0 Å². The minimum atomic E-state index is -0.509. The molecule has 0 spiro atoms. The van der Waals surface area contributed by atoms with Crippen molar-refractivity contribution in [3.63, 3.8) is 0 Å². The third-order valence-corrected chi connectivity index (χ3v) is 15.0. The molecule has 0 bridgehead atoms. The number of para-hydroxylation sites is 2. The van der Waals surface area contributed by atoms with Gasteiger partial charge in [-0.1, -0.05) is 242 Å². The van der Waals surface area contributed by atoms with Gasteiger partial charge in [0, 0.05) is 16.9 Å². The van der Waals surface area contributed by atoms with Gasteiger partial charge in [0.2, 0.25) is 0 Å². The second-order valence-corrected chi connectivity index (χ2v) is 19.3. The molecule has 1 aliphatic rings. The largest absolute Gasteiger partial charge is 0.310 e. The number of hydrogen-bond acceptors (Lipinski definition) is 1. The van der Waals surface area contributed by atoms with Crippen LogP contribution in [0.5, 0.6) is 0 Å². The quantitative estimate of drug-likeness (QED) is 0.137. The van der Waals surface area contributed by atoms with Crippen LogP contribution in [0.4, 0.5) is 17.1 Å². The molecule has 12 aromatic carbocycles. The van der Waals surface area contributed by atoms with Crippen LogP contribution in [-0.4, -0.2) is 0 Å². The van der Waals surface area contributed by atoms with Crippen LogP contribution in [0.3, 0.4) is 0 Å². The lowest BCUT2D eigenvalue weighted by Gasteiger charge is -2.35. The van der Waals surface area contributed by atoms with Crippen LogP contribution in [0.25, 0.3) is 66.1 Å². The Balaban J connectivity index is 0.000000718. The van der Waals surface area contributed by atoms with Crippen LogP contribution >= 0.6 is 0 Å². The average molecular weight is 934 g/mol. The van der Waals surface area contributed by atoms with E-state index in [0.29, 0.717) is 0 Å². The number of fused-ring (bicyclic) bond motifs is 6. The van der Waals surface area contributed by atoms with Crippen molar-refractivity contribution in [2.24, 2.45) is 0 Å². The summed E-state index contributed by atoms with van der Waals surface area (Å²) < 4.78 is 0. The molecule has 13 rings (SSSR count). The predicted octanol–water partition coefficient (Wildman–Crippen LogP) is 19.4. The molecule has 0 fully saturated rings. The summed E-state index contributed by atoms with van der Waals surface area (Å²) in [7, 11) is 0. The molecule has 0 heterocycles. The second kappa shape index (κ2) is 19.3. The summed E-state index contributed by atoms with van der Waals surface area (Å²) in [5.74, 6) is 0. The van der Waals surface area contributed by atoms with E-state index in [1.165, 1.54) is 93.9 Å². The number of benzene rings is 12. The van der Waals surface area contributed by atoms with E-state index in [-0.39, 0.29) is 0 Å². The van der Waals surface area contributed by atoms with Gasteiger partial charge < -0.3 is 4.90 Å². The third kappa shape index (κ3) is 8.01. The van der Waals surface area contributed by atoms with Gasteiger partial charge >= 0.3 is 0 Å². The molecule has 0 amide bonds. The van der Waals surface area contributed by atoms with Crippen molar-refractivity contribution in [2.75, 3.05) is 4.90 Å². The van der Waals surface area contributed by atoms with Crippen molar-refractivity contribution in [1.29, 1.82) is 0 Å². The van der Waals surface area contributed by atoms with Gasteiger partial charge in [-0.15, -0.1) is 0 Å². The molecule has 1 aliphatic carbocycles. The van der Waals surface area contributed by atoms with Gasteiger partial charge in [-0.25, -0.2) is 0 Å². The average Bonchev–Trinajstić information content (AvgIpc) is 3.76. The summed E-state index contributed by atoms with van der Waals surface area (Å²) in [5, 5.41) is 5.18. The van der Waals surface area contributed by atoms with Gasteiger partial charge in [0.25, 0.3) is 0 Å². The normalized spacial score (nSPS) is 12.2. The molecule has 0 saturated carbocycles. The van der Waals surface area contributed by atoms with Crippen molar-refractivity contribution >= 4 is 38.6 Å². The third-order valence-electron chi connectivity index (χ3n) is 15.0. The molecule has 0 atom stereocenters. The Labute approximate surface area is 430 Å². The maximum absolute atomic E-state index is 2.46. The molecular formula is C72H55N. The van der Waals surface area contributed by atoms with Crippen molar-refractivity contribution in [1.82, 2.24) is 0 Å². The summed E-state index contributed by atoms with van der Waals surface area (Å²) in [6.45, 7) is 6.62. The Morgan fingerprint density at radius 2 is 0.822 bits per heavy atom. The van der Waals surface area contributed by atoms with E-state index in [0.717, 1.165) is 28.2 Å². The zero-order valence-electron chi connectivity index (χ0n) is 41.5. The standard InChI is InChI=1S/C65H47N.C7H8/c1-44-37-38-47(42-60(44)64-45(2)53-29-12-13-31-55(53)56-32-14-15-34-59(56)64)46-21-20-22-48(41-46)54-30-17-19-36-63(54)66(51-27-10-5-11-28-51)52-39-40-58-57-33-16-18-35-61(57)65(62(58)43-52,49-23-6-3-7-24-49)50-25-8-4-9-26-50;1-7-5-3-2-4-6-7/h3-43H,1-2H3;2-6H,1H3. The summed E-state index contributed by atoms with van der Waals surface area (Å²) in [6, 6.07) is 102. The fourth-order valence-electron chi connectivity index (χ4n) is 11.6. The summed E-state index contributed by atoms with van der Waals surface area (Å²) in [5.41, 5.74) is 21.6. The van der Waals surface area contributed by atoms with Crippen molar-refractivity contribution in [3.05, 3.63) is 318 Å². The molecule has 12 aromatic rings. The minimum absolute atomic E-state index is 0.509. The van der Waals surface area contributed by atoms with Crippen molar-refractivity contribution in [2.45, 2.75) is 26.2 Å². The SMILES string of the molecule is Cc1ccc(-c2cccc(-c3ccccc3N(c3ccccc3)c3ccc4c(c3)C(c3ccccc3)(c3ccccc3)c3ccccc3-4)c2)cc1-c1c(C)c2ccccc2c2ccccc12.Cc1ccccc1. The fraction of sp³-hybridized carbons (Fsp3) is 0.0556. The fourth-order valence-corrected chi connectivity index (χ4v) is 11.6. The molecule has 0 saturated heterocycles. The molecule has 348 valence electrons. The minimum Gasteiger partial charge on any atom is -0.310 e. The number of aryl methyl sites for hydroxylation is 3. The molecule has 0 unspecified atom stereocenters. The zero-order chi connectivity index (χ0) is 49.3. The molecule has 73 heavy (non-hydrogen) atoms. The maximum Gasteiger partial charge on any atom is 0.0714 e. The number of anilines is 3. The lowest BCUT2D eigenvalue weighted by molar-refractivity contribution is 0.768. The number of nitrogens with zero attached hydrogens (tertiary/aromatic N) is 1. The predicted molar refractivity (Wildman–Crippen MR) is 310 cm³/mol. The first-order valence-electron chi connectivity index (χ1n) is 25.4. The van der Waals surface area contributed by atoms with Gasteiger partial charge in [-0.05, 0) is 157 Å². The molecule has 1 heteroatoms. The Morgan fingerprint density at radius 1 is 0.301 bits per heavy atom. The zero-order valence-corrected chi connectivity index (χ0v) is 41.5. The second-order valence-electron chi connectivity index (χ2n) is 19.3. The first kappa shape index (κ1) is 45.1. The Morgan fingerprint density at radius 3 is 1.49 bits per heavy atom. The molecule has 0 aromatic heterocycles.